The van der Waals surface area contributed by atoms with Crippen LogP contribution in [0.25, 0.3) is 0 Å². The van der Waals surface area contributed by atoms with E-state index < -0.39 is 0 Å². The number of unbranched alkanes of at least 4 members (excludes halogenated alkanes) is 1. The van der Waals surface area contributed by atoms with Gasteiger partial charge in [0.05, 0.1) is 17.7 Å². The second-order valence-electron chi connectivity index (χ2n) is 6.70. The Morgan fingerprint density at radius 1 is 1.53 bits per heavy atom. The van der Waals surface area contributed by atoms with Crippen molar-refractivity contribution in [2.75, 3.05) is 13.1 Å². The molecule has 2 heterocycles. The van der Waals surface area contributed by atoms with Crippen LogP contribution < -0.4 is 5.73 Å². The van der Waals surface area contributed by atoms with Gasteiger partial charge in [-0.05, 0) is 33.1 Å². The maximum atomic E-state index is 12.3. The highest BCUT2D eigenvalue weighted by Gasteiger charge is 2.44. The maximum absolute atomic E-state index is 12.3. The fourth-order valence-corrected chi connectivity index (χ4v) is 3.43. The molecular formula is C15H28N2O2. The maximum Gasteiger partial charge on any atom is 0.239 e. The molecule has 2 rings (SSSR count). The van der Waals surface area contributed by atoms with E-state index in [1.54, 1.807) is 0 Å². The average molecular weight is 268 g/mol. The van der Waals surface area contributed by atoms with Gasteiger partial charge >= 0.3 is 0 Å². The van der Waals surface area contributed by atoms with E-state index in [4.69, 9.17) is 10.5 Å². The molecule has 0 spiro atoms. The zero-order chi connectivity index (χ0) is 14.0. The highest BCUT2D eigenvalue weighted by molar-refractivity contribution is 5.81. The summed E-state index contributed by atoms with van der Waals surface area (Å²) in [6, 6.07) is -0.313. The molecule has 3 atom stereocenters. The van der Waals surface area contributed by atoms with E-state index in [-0.39, 0.29) is 17.6 Å². The SMILES string of the molecule is CCCC[C@H](N)C(=O)N1CC[C@@H]2OC(C)(C)C[C@@H]2C1. The predicted molar refractivity (Wildman–Crippen MR) is 75.8 cm³/mol. The van der Waals surface area contributed by atoms with Crippen LogP contribution >= 0.6 is 0 Å². The molecule has 110 valence electrons. The minimum absolute atomic E-state index is 0.0290. The average Bonchev–Trinajstić information content (AvgIpc) is 2.67. The number of hydrogen-bond acceptors (Lipinski definition) is 3. The predicted octanol–water partition coefficient (Wildman–Crippen LogP) is 1.92. The minimum Gasteiger partial charge on any atom is -0.372 e. The molecule has 0 saturated carbocycles. The quantitative estimate of drug-likeness (QED) is 0.847. The summed E-state index contributed by atoms with van der Waals surface area (Å²) in [5, 5.41) is 0. The second kappa shape index (κ2) is 5.80. The molecule has 4 nitrogen and oxygen atoms in total. The number of carbonyl (C=O) groups is 1. The highest BCUT2D eigenvalue weighted by atomic mass is 16.5. The first-order valence-electron chi connectivity index (χ1n) is 7.65. The first-order valence-corrected chi connectivity index (χ1v) is 7.65. The van der Waals surface area contributed by atoms with Gasteiger partial charge in [-0.1, -0.05) is 19.8 Å². The molecule has 0 aliphatic carbocycles. The number of rotatable bonds is 4. The number of likely N-dealkylation sites (tertiary alicyclic amines) is 1. The summed E-state index contributed by atoms with van der Waals surface area (Å²) in [4.78, 5) is 14.3. The standard InChI is InChI=1S/C15H28N2O2/c1-4-5-6-12(16)14(18)17-8-7-13-11(10-17)9-15(2,3)19-13/h11-13H,4-10,16H2,1-3H3/t11-,12+,13+/m1/s1. The summed E-state index contributed by atoms with van der Waals surface area (Å²) in [6.45, 7) is 8.04. The van der Waals surface area contributed by atoms with Gasteiger partial charge in [0.25, 0.3) is 0 Å². The summed E-state index contributed by atoms with van der Waals surface area (Å²) in [5.41, 5.74) is 5.97. The van der Waals surface area contributed by atoms with E-state index in [9.17, 15) is 4.79 Å². The third-order valence-corrected chi connectivity index (χ3v) is 4.39. The van der Waals surface area contributed by atoms with Gasteiger partial charge in [-0.25, -0.2) is 0 Å². The third kappa shape index (κ3) is 3.48. The summed E-state index contributed by atoms with van der Waals surface area (Å²) in [6.07, 6.45) is 5.27. The number of nitrogens with two attached hydrogens (primary N) is 1. The molecule has 2 fully saturated rings. The van der Waals surface area contributed by atoms with Crippen molar-refractivity contribution in [2.45, 2.75) is 70.6 Å². The number of ether oxygens (including phenoxy) is 1. The van der Waals surface area contributed by atoms with Gasteiger partial charge in [0.1, 0.15) is 0 Å². The Balaban J connectivity index is 1.88. The van der Waals surface area contributed by atoms with Crippen molar-refractivity contribution in [3.8, 4) is 0 Å². The fraction of sp³-hybridized carbons (Fsp3) is 0.933. The molecule has 19 heavy (non-hydrogen) atoms. The van der Waals surface area contributed by atoms with Crippen molar-refractivity contribution in [1.29, 1.82) is 0 Å². The minimum atomic E-state index is -0.313. The van der Waals surface area contributed by atoms with Crippen molar-refractivity contribution >= 4 is 5.91 Å². The first-order chi connectivity index (χ1) is 8.93. The Morgan fingerprint density at radius 2 is 2.26 bits per heavy atom. The lowest BCUT2D eigenvalue weighted by atomic mass is 9.89. The van der Waals surface area contributed by atoms with Crippen LogP contribution in [-0.4, -0.2) is 41.6 Å². The van der Waals surface area contributed by atoms with Gasteiger partial charge in [-0.2, -0.15) is 0 Å². The smallest absolute Gasteiger partial charge is 0.239 e. The number of amides is 1. The topological polar surface area (TPSA) is 55.6 Å². The first kappa shape index (κ1) is 14.8. The van der Waals surface area contributed by atoms with E-state index in [0.717, 1.165) is 45.2 Å². The van der Waals surface area contributed by atoms with Gasteiger partial charge in [0.2, 0.25) is 5.91 Å². The molecule has 4 heteroatoms. The number of nitrogens with zero attached hydrogens (tertiary/aromatic N) is 1. The molecule has 2 aliphatic rings. The molecule has 2 aliphatic heterocycles. The van der Waals surface area contributed by atoms with E-state index in [0.29, 0.717) is 12.0 Å². The summed E-state index contributed by atoms with van der Waals surface area (Å²) >= 11 is 0. The lowest BCUT2D eigenvalue weighted by molar-refractivity contribution is -0.136. The summed E-state index contributed by atoms with van der Waals surface area (Å²) in [7, 11) is 0. The van der Waals surface area contributed by atoms with Crippen molar-refractivity contribution in [3.63, 3.8) is 0 Å². The van der Waals surface area contributed by atoms with Crippen molar-refractivity contribution in [3.05, 3.63) is 0 Å². The van der Waals surface area contributed by atoms with Crippen molar-refractivity contribution in [1.82, 2.24) is 4.90 Å². The highest BCUT2D eigenvalue weighted by Crippen LogP contribution is 2.38. The van der Waals surface area contributed by atoms with Gasteiger partial charge in [-0.15, -0.1) is 0 Å². The van der Waals surface area contributed by atoms with Crippen LogP contribution in [0.5, 0.6) is 0 Å². The van der Waals surface area contributed by atoms with E-state index in [2.05, 4.69) is 20.8 Å². The Bertz CT molecular complexity index is 330. The molecule has 0 unspecified atom stereocenters. The molecule has 2 saturated heterocycles. The number of hydrogen-bond donors (Lipinski definition) is 1. The third-order valence-electron chi connectivity index (χ3n) is 4.39. The summed E-state index contributed by atoms with van der Waals surface area (Å²) < 4.78 is 6.04. The lowest BCUT2D eigenvalue weighted by Gasteiger charge is -2.35. The Morgan fingerprint density at radius 3 is 2.95 bits per heavy atom. The Labute approximate surface area is 116 Å². The molecular weight excluding hydrogens is 240 g/mol. The van der Waals surface area contributed by atoms with Gasteiger partial charge in [0, 0.05) is 19.0 Å². The molecule has 0 aromatic heterocycles. The van der Waals surface area contributed by atoms with E-state index in [1.165, 1.54) is 0 Å². The molecule has 0 aromatic rings. The second-order valence-corrected chi connectivity index (χ2v) is 6.70. The molecule has 0 aromatic carbocycles. The van der Waals surface area contributed by atoms with Crippen molar-refractivity contribution in [2.24, 2.45) is 11.7 Å². The zero-order valence-corrected chi connectivity index (χ0v) is 12.5. The van der Waals surface area contributed by atoms with Crippen LogP contribution in [-0.2, 0) is 9.53 Å². The molecule has 2 N–H and O–H groups in total. The number of fused-ring (bicyclic) bond motifs is 1. The summed E-state index contributed by atoms with van der Waals surface area (Å²) in [5.74, 6) is 0.627. The number of piperidine rings is 1. The monoisotopic (exact) mass is 268 g/mol. The molecule has 1 amide bonds. The van der Waals surface area contributed by atoms with Crippen LogP contribution in [0.15, 0.2) is 0 Å². The van der Waals surface area contributed by atoms with Gasteiger partial charge < -0.3 is 15.4 Å². The van der Waals surface area contributed by atoms with Crippen LogP contribution in [0, 0.1) is 5.92 Å². The van der Waals surface area contributed by atoms with Gasteiger partial charge in [-0.3, -0.25) is 4.79 Å². The van der Waals surface area contributed by atoms with Crippen LogP contribution in [0.1, 0.15) is 52.9 Å². The Kier molecular flexibility index (Phi) is 4.51. The zero-order valence-electron chi connectivity index (χ0n) is 12.5. The van der Waals surface area contributed by atoms with E-state index in [1.807, 2.05) is 4.90 Å². The van der Waals surface area contributed by atoms with Gasteiger partial charge in [0.15, 0.2) is 0 Å². The largest absolute Gasteiger partial charge is 0.372 e. The fourth-order valence-electron chi connectivity index (χ4n) is 3.43. The van der Waals surface area contributed by atoms with E-state index >= 15 is 0 Å². The normalized spacial score (nSPS) is 31.1. The van der Waals surface area contributed by atoms with Crippen LogP contribution in [0.2, 0.25) is 0 Å². The van der Waals surface area contributed by atoms with Crippen LogP contribution in [0.3, 0.4) is 0 Å². The van der Waals surface area contributed by atoms with Crippen LogP contribution in [0.4, 0.5) is 0 Å². The van der Waals surface area contributed by atoms with Crippen molar-refractivity contribution < 1.29 is 9.53 Å². The molecule has 0 bridgehead atoms. The molecule has 0 radical (unpaired) electrons. The lowest BCUT2D eigenvalue weighted by Crippen LogP contribution is -2.50. The Hall–Kier alpha value is -0.610. The number of carbonyl (C=O) groups excluding carboxylic acids is 1.